The maximum absolute atomic E-state index is 12.7. The van der Waals surface area contributed by atoms with Crippen LogP contribution in [0.3, 0.4) is 0 Å². The van der Waals surface area contributed by atoms with Gasteiger partial charge in [0.05, 0.1) is 12.5 Å². The van der Waals surface area contributed by atoms with Crippen molar-refractivity contribution in [2.24, 2.45) is 5.92 Å². The molecule has 0 spiro atoms. The van der Waals surface area contributed by atoms with Crippen LogP contribution in [-0.2, 0) is 4.74 Å². The predicted octanol–water partition coefficient (Wildman–Crippen LogP) is 2.54. The van der Waals surface area contributed by atoms with E-state index in [4.69, 9.17) is 4.74 Å². The van der Waals surface area contributed by atoms with Crippen molar-refractivity contribution < 1.29 is 22.7 Å². The normalized spacial score (nSPS) is 27.8. The summed E-state index contributed by atoms with van der Waals surface area (Å²) in [5.41, 5.74) is 0. The molecule has 1 aliphatic carbocycles. The molecule has 0 unspecified atom stereocenters. The number of rotatable bonds is 5. The summed E-state index contributed by atoms with van der Waals surface area (Å²) in [6.45, 7) is 2.28. The molecule has 2 fully saturated rings. The van der Waals surface area contributed by atoms with E-state index in [1.807, 2.05) is 0 Å². The molecule has 2 aliphatic rings. The Balaban J connectivity index is 1.63. The monoisotopic (exact) mass is 294 g/mol. The second kappa shape index (κ2) is 6.65. The Hall–Kier alpha value is -0.980. The van der Waals surface area contributed by atoms with E-state index in [1.54, 1.807) is 4.90 Å². The fourth-order valence-electron chi connectivity index (χ4n) is 2.88. The van der Waals surface area contributed by atoms with Crippen molar-refractivity contribution in [1.29, 1.82) is 0 Å². The van der Waals surface area contributed by atoms with Crippen LogP contribution in [0.2, 0.25) is 0 Å². The van der Waals surface area contributed by atoms with Gasteiger partial charge in [0.25, 0.3) is 0 Å². The highest BCUT2D eigenvalue weighted by Crippen LogP contribution is 2.37. The third kappa shape index (κ3) is 4.26. The Morgan fingerprint density at radius 2 is 2.15 bits per heavy atom. The fourth-order valence-corrected chi connectivity index (χ4v) is 2.88. The molecule has 4 nitrogen and oxygen atoms in total. The molecule has 116 valence electrons. The van der Waals surface area contributed by atoms with E-state index in [0.29, 0.717) is 32.7 Å². The van der Waals surface area contributed by atoms with Crippen LogP contribution in [0.25, 0.3) is 0 Å². The summed E-state index contributed by atoms with van der Waals surface area (Å²) in [7, 11) is 0. The first-order valence-electron chi connectivity index (χ1n) is 7.18. The van der Waals surface area contributed by atoms with Crippen molar-refractivity contribution in [3.63, 3.8) is 0 Å². The van der Waals surface area contributed by atoms with Gasteiger partial charge < -0.3 is 15.0 Å². The molecule has 0 radical (unpaired) electrons. The fraction of sp³-hybridized carbons (Fsp3) is 0.923. The first kappa shape index (κ1) is 15.4. The summed E-state index contributed by atoms with van der Waals surface area (Å²) >= 11 is 0. The number of hydrogen-bond donors (Lipinski definition) is 1. The minimum Gasteiger partial charge on any atom is -0.448 e. The molecular weight excluding hydrogens is 273 g/mol. The summed E-state index contributed by atoms with van der Waals surface area (Å²) in [6, 6.07) is -0.0547. The second-order valence-corrected chi connectivity index (χ2v) is 5.51. The Morgan fingerprint density at radius 3 is 2.80 bits per heavy atom. The lowest BCUT2D eigenvalue weighted by molar-refractivity contribution is -0.183. The van der Waals surface area contributed by atoms with Crippen molar-refractivity contribution in [3.05, 3.63) is 0 Å². The summed E-state index contributed by atoms with van der Waals surface area (Å²) in [6.07, 6.45) is -1.77. The summed E-state index contributed by atoms with van der Waals surface area (Å²) in [5, 5.41) is 3.18. The highest BCUT2D eigenvalue weighted by molar-refractivity contribution is 5.69. The number of carbonyl (C=O) groups excluding carboxylic acids is 1. The van der Waals surface area contributed by atoms with E-state index in [1.165, 1.54) is 0 Å². The number of nitrogens with one attached hydrogen (secondary N) is 1. The molecule has 1 N–H and O–H groups in total. The number of nitrogens with zero attached hydrogens (tertiary/aromatic N) is 1. The third-order valence-corrected chi connectivity index (χ3v) is 4.02. The Morgan fingerprint density at radius 1 is 1.35 bits per heavy atom. The summed E-state index contributed by atoms with van der Waals surface area (Å²) < 4.78 is 42.8. The molecule has 20 heavy (non-hydrogen) atoms. The molecule has 2 atom stereocenters. The average Bonchev–Trinajstić information content (AvgIpc) is 2.80. The molecule has 1 aliphatic heterocycles. The summed E-state index contributed by atoms with van der Waals surface area (Å²) in [5.74, 6) is -1.16. The van der Waals surface area contributed by atoms with Gasteiger partial charge >= 0.3 is 12.3 Å². The zero-order chi connectivity index (χ0) is 14.6. The highest BCUT2D eigenvalue weighted by Gasteiger charge is 2.41. The lowest BCUT2D eigenvalue weighted by atomic mass is 9.85. The van der Waals surface area contributed by atoms with Crippen LogP contribution in [0.1, 0.15) is 32.1 Å². The van der Waals surface area contributed by atoms with E-state index in [0.717, 1.165) is 12.8 Å². The number of alkyl halides is 3. The molecule has 1 saturated carbocycles. The molecule has 2 rings (SSSR count). The molecule has 0 bridgehead atoms. The van der Waals surface area contributed by atoms with Gasteiger partial charge in [0.1, 0.15) is 6.61 Å². The molecule has 1 heterocycles. The van der Waals surface area contributed by atoms with Crippen LogP contribution in [0.4, 0.5) is 18.0 Å². The van der Waals surface area contributed by atoms with Gasteiger partial charge in [-0.1, -0.05) is 6.42 Å². The van der Waals surface area contributed by atoms with Crippen LogP contribution < -0.4 is 5.32 Å². The van der Waals surface area contributed by atoms with Gasteiger partial charge in [-0.25, -0.2) is 4.79 Å². The molecule has 1 saturated heterocycles. The molecule has 0 aromatic rings. The Kier molecular flexibility index (Phi) is 5.12. The van der Waals surface area contributed by atoms with Crippen molar-refractivity contribution in [3.8, 4) is 0 Å². The van der Waals surface area contributed by atoms with Gasteiger partial charge in [0, 0.05) is 12.6 Å². The maximum Gasteiger partial charge on any atom is 0.409 e. The quantitative estimate of drug-likeness (QED) is 0.792. The molecular formula is C13H21F3N2O2. The Bertz CT molecular complexity index is 336. The van der Waals surface area contributed by atoms with Crippen LogP contribution in [0.15, 0.2) is 0 Å². The van der Waals surface area contributed by atoms with Crippen LogP contribution >= 0.6 is 0 Å². The van der Waals surface area contributed by atoms with E-state index in [2.05, 4.69) is 5.32 Å². The number of halogens is 3. The zero-order valence-corrected chi connectivity index (χ0v) is 11.4. The smallest absolute Gasteiger partial charge is 0.409 e. The van der Waals surface area contributed by atoms with E-state index < -0.39 is 12.1 Å². The SMILES string of the molecule is O=C1OCCN1CCCN[C@H]1CCC[C@@H](C(F)(F)F)C1. The minimum atomic E-state index is -4.07. The average molecular weight is 294 g/mol. The van der Waals surface area contributed by atoms with Crippen molar-refractivity contribution >= 4 is 6.09 Å². The lowest BCUT2D eigenvalue weighted by Crippen LogP contribution is -2.39. The second-order valence-electron chi connectivity index (χ2n) is 5.51. The van der Waals surface area contributed by atoms with Crippen molar-refractivity contribution in [2.45, 2.75) is 44.3 Å². The predicted molar refractivity (Wildman–Crippen MR) is 67.3 cm³/mol. The first-order chi connectivity index (χ1) is 9.47. The lowest BCUT2D eigenvalue weighted by Gasteiger charge is -2.31. The molecule has 0 aromatic heterocycles. The standard InChI is InChI=1S/C13H21F3N2O2/c14-13(15,16)10-3-1-4-11(9-10)17-5-2-6-18-7-8-20-12(18)19/h10-11,17H,1-9H2/t10-,11+/m1/s1. The highest BCUT2D eigenvalue weighted by atomic mass is 19.4. The van der Waals surface area contributed by atoms with Gasteiger partial charge in [-0.05, 0) is 32.2 Å². The van der Waals surface area contributed by atoms with E-state index >= 15 is 0 Å². The van der Waals surface area contributed by atoms with E-state index in [-0.39, 0.29) is 25.0 Å². The molecule has 7 heteroatoms. The molecule has 1 amide bonds. The zero-order valence-electron chi connectivity index (χ0n) is 11.4. The number of cyclic esters (lactones) is 1. The molecule has 0 aromatic carbocycles. The van der Waals surface area contributed by atoms with Gasteiger partial charge in [0.2, 0.25) is 0 Å². The topological polar surface area (TPSA) is 41.6 Å². The summed E-state index contributed by atoms with van der Waals surface area (Å²) in [4.78, 5) is 12.8. The maximum atomic E-state index is 12.7. The van der Waals surface area contributed by atoms with Gasteiger partial charge in [-0.15, -0.1) is 0 Å². The van der Waals surface area contributed by atoms with E-state index in [9.17, 15) is 18.0 Å². The van der Waals surface area contributed by atoms with Crippen LogP contribution in [0, 0.1) is 5.92 Å². The number of carbonyl (C=O) groups is 1. The number of ether oxygens (including phenoxy) is 1. The van der Waals surface area contributed by atoms with Crippen molar-refractivity contribution in [2.75, 3.05) is 26.2 Å². The van der Waals surface area contributed by atoms with Gasteiger partial charge in [-0.3, -0.25) is 0 Å². The minimum absolute atomic E-state index is 0.0547. The van der Waals surface area contributed by atoms with Gasteiger partial charge in [-0.2, -0.15) is 13.2 Å². The van der Waals surface area contributed by atoms with Crippen LogP contribution in [-0.4, -0.2) is 49.5 Å². The van der Waals surface area contributed by atoms with Crippen molar-refractivity contribution in [1.82, 2.24) is 10.2 Å². The largest absolute Gasteiger partial charge is 0.448 e. The number of hydrogen-bond acceptors (Lipinski definition) is 3. The van der Waals surface area contributed by atoms with Crippen LogP contribution in [0.5, 0.6) is 0 Å². The third-order valence-electron chi connectivity index (χ3n) is 4.02. The van der Waals surface area contributed by atoms with Gasteiger partial charge in [0.15, 0.2) is 0 Å². The Labute approximate surface area is 116 Å². The first-order valence-corrected chi connectivity index (χ1v) is 7.18. The number of amides is 1.